The lowest BCUT2D eigenvalue weighted by Gasteiger charge is -2.03. The van der Waals surface area contributed by atoms with Crippen molar-refractivity contribution in [1.29, 1.82) is 0 Å². The SMILES string of the molecule is O=c1cc(-c2ccccc2Cl)nc2cc[nH]n12.[HH]. The number of H-pyrrole nitrogens is 1. The van der Waals surface area contributed by atoms with Gasteiger partial charge in [-0.3, -0.25) is 9.89 Å². The lowest BCUT2D eigenvalue weighted by Crippen LogP contribution is -2.14. The molecule has 0 saturated heterocycles. The molecule has 2 aromatic heterocycles. The molecular formula is C12H10ClN3O. The lowest BCUT2D eigenvalue weighted by molar-refractivity contribution is 0.901. The van der Waals surface area contributed by atoms with Crippen LogP contribution in [0, 0.1) is 0 Å². The average molecular weight is 248 g/mol. The molecule has 0 unspecified atom stereocenters. The van der Waals surface area contributed by atoms with E-state index in [4.69, 9.17) is 11.6 Å². The van der Waals surface area contributed by atoms with Crippen molar-refractivity contribution < 1.29 is 1.43 Å². The van der Waals surface area contributed by atoms with Gasteiger partial charge in [-0.05, 0) is 6.07 Å². The van der Waals surface area contributed by atoms with Crippen molar-refractivity contribution in [2.75, 3.05) is 0 Å². The Morgan fingerprint density at radius 3 is 2.94 bits per heavy atom. The number of benzene rings is 1. The molecule has 1 aromatic carbocycles. The highest BCUT2D eigenvalue weighted by atomic mass is 35.5. The fourth-order valence-electron chi connectivity index (χ4n) is 1.73. The van der Waals surface area contributed by atoms with Crippen LogP contribution in [0.1, 0.15) is 1.43 Å². The molecule has 0 atom stereocenters. The molecule has 0 radical (unpaired) electrons. The molecule has 0 aliphatic rings. The number of hydrogen-bond acceptors (Lipinski definition) is 2. The van der Waals surface area contributed by atoms with Crippen molar-refractivity contribution in [3.8, 4) is 11.3 Å². The Balaban J connectivity index is 0.00000120. The van der Waals surface area contributed by atoms with Gasteiger partial charge in [-0.25, -0.2) is 9.50 Å². The molecule has 0 aliphatic carbocycles. The van der Waals surface area contributed by atoms with Crippen LogP contribution in [0.5, 0.6) is 0 Å². The summed E-state index contributed by atoms with van der Waals surface area (Å²) in [4.78, 5) is 16.2. The zero-order valence-corrected chi connectivity index (χ0v) is 9.48. The third-order valence-electron chi connectivity index (χ3n) is 2.53. The van der Waals surface area contributed by atoms with E-state index in [2.05, 4.69) is 10.1 Å². The summed E-state index contributed by atoms with van der Waals surface area (Å²) in [5, 5.41) is 3.37. The van der Waals surface area contributed by atoms with Crippen LogP contribution < -0.4 is 5.56 Å². The molecule has 0 fully saturated rings. The van der Waals surface area contributed by atoms with Gasteiger partial charge in [-0.15, -0.1) is 0 Å². The Labute approximate surface area is 103 Å². The number of nitrogens with one attached hydrogen (secondary N) is 1. The minimum atomic E-state index is -0.157. The number of aromatic nitrogens is 3. The van der Waals surface area contributed by atoms with E-state index in [-0.39, 0.29) is 6.99 Å². The van der Waals surface area contributed by atoms with Crippen LogP contribution in [0.3, 0.4) is 0 Å². The Hall–Kier alpha value is -2.07. The van der Waals surface area contributed by atoms with Crippen molar-refractivity contribution in [2.24, 2.45) is 0 Å². The molecule has 0 spiro atoms. The second-order valence-electron chi connectivity index (χ2n) is 3.62. The predicted octanol–water partition coefficient (Wildman–Crippen LogP) is 2.59. The molecule has 86 valence electrons. The fourth-order valence-corrected chi connectivity index (χ4v) is 1.97. The summed E-state index contributed by atoms with van der Waals surface area (Å²) in [5.41, 5.74) is 1.76. The number of nitrogens with zero attached hydrogens (tertiary/aromatic N) is 2. The van der Waals surface area contributed by atoms with Gasteiger partial charge in [0.2, 0.25) is 0 Å². The van der Waals surface area contributed by atoms with E-state index in [1.807, 2.05) is 18.2 Å². The topological polar surface area (TPSA) is 50.2 Å². The molecular weight excluding hydrogens is 238 g/mol. The van der Waals surface area contributed by atoms with Gasteiger partial charge in [-0.2, -0.15) is 0 Å². The van der Waals surface area contributed by atoms with Gasteiger partial charge >= 0.3 is 0 Å². The normalized spacial score (nSPS) is 10.9. The minimum Gasteiger partial charge on any atom is -0.297 e. The van der Waals surface area contributed by atoms with Crippen LogP contribution in [0.25, 0.3) is 16.9 Å². The van der Waals surface area contributed by atoms with Gasteiger partial charge < -0.3 is 0 Å². The van der Waals surface area contributed by atoms with Gasteiger partial charge in [0.25, 0.3) is 5.56 Å². The second kappa shape index (κ2) is 3.75. The Morgan fingerprint density at radius 1 is 1.29 bits per heavy atom. The summed E-state index contributed by atoms with van der Waals surface area (Å²) in [6.07, 6.45) is 1.67. The maximum atomic E-state index is 11.8. The first-order valence-corrected chi connectivity index (χ1v) is 5.45. The maximum Gasteiger partial charge on any atom is 0.273 e. The Kier molecular flexibility index (Phi) is 2.23. The highest BCUT2D eigenvalue weighted by Gasteiger charge is 2.07. The first kappa shape index (κ1) is 10.1. The number of fused-ring (bicyclic) bond motifs is 1. The predicted molar refractivity (Wildman–Crippen MR) is 68.4 cm³/mol. The van der Waals surface area contributed by atoms with Gasteiger partial charge in [0.1, 0.15) is 0 Å². The van der Waals surface area contributed by atoms with Gasteiger partial charge in [0.15, 0.2) is 5.65 Å². The van der Waals surface area contributed by atoms with Gasteiger partial charge in [-0.1, -0.05) is 29.8 Å². The maximum absolute atomic E-state index is 11.8. The number of aromatic amines is 1. The van der Waals surface area contributed by atoms with Crippen LogP contribution in [-0.4, -0.2) is 14.6 Å². The van der Waals surface area contributed by atoms with Crippen LogP contribution in [0.2, 0.25) is 5.02 Å². The molecule has 2 heterocycles. The first-order valence-electron chi connectivity index (χ1n) is 5.08. The second-order valence-corrected chi connectivity index (χ2v) is 4.02. The van der Waals surface area contributed by atoms with E-state index in [0.29, 0.717) is 16.4 Å². The lowest BCUT2D eigenvalue weighted by atomic mass is 10.1. The summed E-state index contributed by atoms with van der Waals surface area (Å²) in [6.45, 7) is 0. The van der Waals surface area contributed by atoms with E-state index < -0.39 is 0 Å². The van der Waals surface area contributed by atoms with Gasteiger partial charge in [0.05, 0.1) is 5.69 Å². The standard InChI is InChI=1S/C12H8ClN3O.H2/c13-9-4-2-1-3-8(9)10-7-12(17)16-11(15-10)5-6-14-16;/h1-7,14H;1H. The van der Waals surface area contributed by atoms with Crippen LogP contribution >= 0.6 is 11.6 Å². The third kappa shape index (κ3) is 1.62. The Bertz CT molecular complexity index is 750. The van der Waals surface area contributed by atoms with E-state index in [1.165, 1.54) is 10.6 Å². The van der Waals surface area contributed by atoms with Gasteiger partial charge in [0, 0.05) is 30.3 Å². The van der Waals surface area contributed by atoms with Crippen molar-refractivity contribution in [3.63, 3.8) is 0 Å². The summed E-state index contributed by atoms with van der Waals surface area (Å²) < 4.78 is 1.38. The van der Waals surface area contributed by atoms with E-state index in [0.717, 1.165) is 5.56 Å². The molecule has 0 aliphatic heterocycles. The molecule has 0 bridgehead atoms. The van der Waals surface area contributed by atoms with Crippen molar-refractivity contribution >= 4 is 17.2 Å². The summed E-state index contributed by atoms with van der Waals surface area (Å²) in [5.74, 6) is 0. The number of rotatable bonds is 1. The third-order valence-corrected chi connectivity index (χ3v) is 2.86. The van der Waals surface area contributed by atoms with Crippen LogP contribution in [0.15, 0.2) is 47.4 Å². The van der Waals surface area contributed by atoms with Crippen molar-refractivity contribution in [2.45, 2.75) is 0 Å². The smallest absolute Gasteiger partial charge is 0.273 e. The number of hydrogen-bond donors (Lipinski definition) is 1. The monoisotopic (exact) mass is 247 g/mol. The fraction of sp³-hybridized carbons (Fsp3) is 0. The quantitative estimate of drug-likeness (QED) is 0.719. The Morgan fingerprint density at radius 2 is 2.12 bits per heavy atom. The zero-order chi connectivity index (χ0) is 11.8. The molecule has 0 saturated carbocycles. The first-order chi connectivity index (χ1) is 8.25. The summed E-state index contributed by atoms with van der Waals surface area (Å²) >= 11 is 6.08. The number of halogens is 1. The highest BCUT2D eigenvalue weighted by Crippen LogP contribution is 2.25. The largest absolute Gasteiger partial charge is 0.297 e. The van der Waals surface area contributed by atoms with Crippen molar-refractivity contribution in [1.82, 2.24) is 14.6 Å². The highest BCUT2D eigenvalue weighted by molar-refractivity contribution is 6.33. The average Bonchev–Trinajstić information content (AvgIpc) is 2.78. The molecule has 0 amide bonds. The summed E-state index contributed by atoms with van der Waals surface area (Å²) in [7, 11) is 0. The van der Waals surface area contributed by atoms with E-state index in [1.54, 1.807) is 18.3 Å². The molecule has 1 N–H and O–H groups in total. The van der Waals surface area contributed by atoms with E-state index in [9.17, 15) is 4.79 Å². The zero-order valence-electron chi connectivity index (χ0n) is 8.72. The molecule has 17 heavy (non-hydrogen) atoms. The summed E-state index contributed by atoms with van der Waals surface area (Å²) in [6, 6.07) is 10.5. The minimum absolute atomic E-state index is 0. The van der Waals surface area contributed by atoms with Crippen LogP contribution in [0.4, 0.5) is 0 Å². The molecule has 3 aromatic rings. The molecule has 5 heteroatoms. The van der Waals surface area contributed by atoms with Crippen LogP contribution in [-0.2, 0) is 0 Å². The van der Waals surface area contributed by atoms with Crippen molar-refractivity contribution in [3.05, 3.63) is 58.0 Å². The van der Waals surface area contributed by atoms with E-state index >= 15 is 0 Å². The molecule has 4 nitrogen and oxygen atoms in total. The molecule has 3 rings (SSSR count).